The van der Waals surface area contributed by atoms with Gasteiger partial charge in [0.25, 0.3) is 11.8 Å². The third-order valence-electron chi connectivity index (χ3n) is 5.18. The molecule has 7 heteroatoms. The first-order valence-electron chi connectivity index (χ1n) is 10.3. The van der Waals surface area contributed by atoms with E-state index < -0.39 is 0 Å². The van der Waals surface area contributed by atoms with Crippen LogP contribution in [0.1, 0.15) is 5.56 Å². The normalized spacial score (nSPS) is 16.4. The number of thioether (sulfide) groups is 1. The molecule has 2 aliphatic rings. The van der Waals surface area contributed by atoms with Crippen LogP contribution in [-0.2, 0) is 9.59 Å². The van der Waals surface area contributed by atoms with Gasteiger partial charge < -0.3 is 0 Å². The zero-order valence-electron chi connectivity index (χ0n) is 17.4. The summed E-state index contributed by atoms with van der Waals surface area (Å²) < 4.78 is 0.390. The van der Waals surface area contributed by atoms with E-state index in [2.05, 4.69) is 0 Å². The van der Waals surface area contributed by atoms with Gasteiger partial charge in [0.05, 0.1) is 16.3 Å². The number of rotatable bonds is 4. The fourth-order valence-corrected chi connectivity index (χ4v) is 5.91. The number of hydrogen-bond donors (Lipinski definition) is 0. The summed E-state index contributed by atoms with van der Waals surface area (Å²) in [6.07, 6.45) is 5.51. The van der Waals surface area contributed by atoms with E-state index in [1.165, 1.54) is 16.7 Å². The summed E-state index contributed by atoms with van der Waals surface area (Å²) >= 11 is 8.30. The summed E-state index contributed by atoms with van der Waals surface area (Å²) in [6.45, 7) is -0.113. The van der Waals surface area contributed by atoms with Crippen LogP contribution in [0.25, 0.3) is 6.08 Å². The highest BCUT2D eigenvalue weighted by atomic mass is 32.2. The van der Waals surface area contributed by atoms with Gasteiger partial charge in [-0.3, -0.25) is 19.4 Å². The average molecular weight is 487 g/mol. The highest BCUT2D eigenvalue weighted by Gasteiger charge is 2.36. The van der Waals surface area contributed by atoms with E-state index in [0.29, 0.717) is 9.23 Å². The molecule has 0 unspecified atom stereocenters. The van der Waals surface area contributed by atoms with Gasteiger partial charge >= 0.3 is 0 Å². The van der Waals surface area contributed by atoms with Crippen LogP contribution in [-0.4, -0.2) is 27.6 Å². The first-order valence-corrected chi connectivity index (χ1v) is 12.3. The van der Waals surface area contributed by atoms with E-state index in [1.807, 2.05) is 91.0 Å². The second kappa shape index (κ2) is 9.39. The molecule has 33 heavy (non-hydrogen) atoms. The first-order chi connectivity index (χ1) is 16.1. The standard InChI is InChI=1S/C26H18N2O2S3/c29-24(28-19-12-4-6-14-21(19)32-22-15-7-5-13-20(22)28)17-27-25(30)23(33-26(27)31)16-8-11-18-9-2-1-3-10-18/h1-16H,17H2. The average Bonchev–Trinajstić information content (AvgIpc) is 3.10. The Bertz CT molecular complexity index is 1270. The van der Waals surface area contributed by atoms with Gasteiger partial charge in [-0.25, -0.2) is 0 Å². The van der Waals surface area contributed by atoms with Gasteiger partial charge in [0, 0.05) is 9.79 Å². The van der Waals surface area contributed by atoms with Crippen LogP contribution in [0.5, 0.6) is 0 Å². The van der Waals surface area contributed by atoms with Gasteiger partial charge in [-0.15, -0.1) is 0 Å². The molecule has 2 amide bonds. The molecule has 0 bridgehead atoms. The minimum absolute atomic E-state index is 0.113. The largest absolute Gasteiger partial charge is 0.283 e. The van der Waals surface area contributed by atoms with Crippen molar-refractivity contribution in [2.75, 3.05) is 11.4 Å². The second-order valence-corrected chi connectivity index (χ2v) is 10.1. The predicted molar refractivity (Wildman–Crippen MR) is 140 cm³/mol. The Labute approximate surface area is 206 Å². The number of hydrogen-bond acceptors (Lipinski definition) is 5. The van der Waals surface area contributed by atoms with Gasteiger partial charge in [-0.2, -0.15) is 0 Å². The van der Waals surface area contributed by atoms with E-state index in [1.54, 1.807) is 22.7 Å². The Balaban J connectivity index is 1.37. The van der Waals surface area contributed by atoms with Crippen molar-refractivity contribution in [3.8, 4) is 0 Å². The number of anilines is 2. The lowest BCUT2D eigenvalue weighted by Crippen LogP contribution is -2.41. The Hall–Kier alpha value is -3.13. The van der Waals surface area contributed by atoms with Crippen LogP contribution in [0.4, 0.5) is 11.4 Å². The molecule has 0 aliphatic carbocycles. The van der Waals surface area contributed by atoms with Crippen molar-refractivity contribution in [3.05, 3.63) is 101 Å². The van der Waals surface area contributed by atoms with Gasteiger partial charge in [0.1, 0.15) is 10.9 Å². The van der Waals surface area contributed by atoms with Gasteiger partial charge in [0.15, 0.2) is 0 Å². The quantitative estimate of drug-likeness (QED) is 0.321. The van der Waals surface area contributed by atoms with Crippen molar-refractivity contribution >= 4 is 69.3 Å². The number of allylic oxidation sites excluding steroid dienone is 2. The fraction of sp³-hybridized carbons (Fsp3) is 0.0385. The maximum absolute atomic E-state index is 13.5. The zero-order valence-corrected chi connectivity index (χ0v) is 19.8. The number of thiocarbonyl (C=S) groups is 1. The highest BCUT2D eigenvalue weighted by molar-refractivity contribution is 8.26. The third kappa shape index (κ3) is 4.39. The van der Waals surface area contributed by atoms with E-state index in [9.17, 15) is 9.59 Å². The van der Waals surface area contributed by atoms with Crippen molar-refractivity contribution in [1.82, 2.24) is 4.90 Å². The van der Waals surface area contributed by atoms with Crippen LogP contribution >= 0.6 is 35.7 Å². The zero-order chi connectivity index (χ0) is 22.8. The summed E-state index contributed by atoms with van der Waals surface area (Å²) in [5.74, 6) is -0.448. The molecule has 0 saturated carbocycles. The summed E-state index contributed by atoms with van der Waals surface area (Å²) in [7, 11) is 0. The minimum Gasteiger partial charge on any atom is -0.283 e. The molecule has 5 rings (SSSR count). The van der Waals surface area contributed by atoms with Crippen molar-refractivity contribution in [1.29, 1.82) is 0 Å². The van der Waals surface area contributed by atoms with Crippen LogP contribution in [0.2, 0.25) is 0 Å². The van der Waals surface area contributed by atoms with E-state index in [-0.39, 0.29) is 18.4 Å². The summed E-state index contributed by atoms with van der Waals surface area (Å²) in [4.78, 5) is 32.1. The Morgan fingerprint density at radius 2 is 1.45 bits per heavy atom. The fourth-order valence-electron chi connectivity index (χ4n) is 3.64. The number of benzene rings is 3. The van der Waals surface area contributed by atoms with Gasteiger partial charge in [-0.1, -0.05) is 102 Å². The molecular formula is C26H18N2O2S3. The smallest absolute Gasteiger partial charge is 0.266 e. The monoisotopic (exact) mass is 486 g/mol. The topological polar surface area (TPSA) is 40.6 Å². The van der Waals surface area contributed by atoms with Gasteiger partial charge in [-0.05, 0) is 35.9 Å². The summed E-state index contributed by atoms with van der Waals surface area (Å²) in [6, 6.07) is 25.4. The van der Waals surface area contributed by atoms with Gasteiger partial charge in [0.2, 0.25) is 0 Å². The van der Waals surface area contributed by atoms with E-state index >= 15 is 0 Å². The third-order valence-corrected chi connectivity index (χ3v) is 7.71. The number of carbonyl (C=O) groups excluding carboxylic acids is 2. The molecule has 0 atom stereocenters. The Morgan fingerprint density at radius 1 is 0.848 bits per heavy atom. The molecule has 2 heterocycles. The number of carbonyl (C=O) groups is 2. The molecule has 0 radical (unpaired) electrons. The molecule has 162 valence electrons. The predicted octanol–water partition coefficient (Wildman–Crippen LogP) is 6.27. The summed E-state index contributed by atoms with van der Waals surface area (Å²) in [5, 5.41) is 0. The molecule has 4 nitrogen and oxygen atoms in total. The molecule has 3 aromatic carbocycles. The summed E-state index contributed by atoms with van der Waals surface area (Å²) in [5.41, 5.74) is 2.68. The maximum atomic E-state index is 13.5. The second-order valence-electron chi connectivity index (χ2n) is 7.33. The first kappa shape index (κ1) is 21.7. The maximum Gasteiger partial charge on any atom is 0.266 e. The number of nitrogens with zero attached hydrogens (tertiary/aromatic N) is 2. The van der Waals surface area contributed by atoms with Crippen LogP contribution in [0.15, 0.2) is 106 Å². The lowest BCUT2D eigenvalue weighted by atomic mass is 10.2. The molecule has 2 aliphatic heterocycles. The molecule has 0 N–H and O–H groups in total. The Morgan fingerprint density at radius 3 is 2.12 bits per heavy atom. The van der Waals surface area contributed by atoms with Crippen molar-refractivity contribution in [2.24, 2.45) is 0 Å². The van der Waals surface area contributed by atoms with Crippen molar-refractivity contribution < 1.29 is 9.59 Å². The molecule has 1 fully saturated rings. The van der Waals surface area contributed by atoms with E-state index in [0.717, 1.165) is 26.7 Å². The number of fused-ring (bicyclic) bond motifs is 2. The lowest BCUT2D eigenvalue weighted by molar-refractivity contribution is -0.127. The number of amides is 2. The SMILES string of the molecule is O=C1C(=CC=Cc2ccccc2)SC(=S)N1CC(=O)N1c2ccccc2Sc2ccccc21. The minimum atomic E-state index is -0.246. The molecular weight excluding hydrogens is 468 g/mol. The molecule has 0 spiro atoms. The van der Waals surface area contributed by atoms with Crippen LogP contribution in [0.3, 0.4) is 0 Å². The molecule has 3 aromatic rings. The molecule has 1 saturated heterocycles. The van der Waals surface area contributed by atoms with Crippen LogP contribution < -0.4 is 4.90 Å². The lowest BCUT2D eigenvalue weighted by Gasteiger charge is -2.32. The molecule has 0 aromatic heterocycles. The highest BCUT2D eigenvalue weighted by Crippen LogP contribution is 2.48. The van der Waals surface area contributed by atoms with E-state index in [4.69, 9.17) is 12.2 Å². The van der Waals surface area contributed by atoms with Crippen molar-refractivity contribution in [3.63, 3.8) is 0 Å². The number of para-hydroxylation sites is 2. The van der Waals surface area contributed by atoms with Crippen molar-refractivity contribution in [2.45, 2.75) is 9.79 Å². The Kier molecular flexibility index (Phi) is 6.17. The van der Waals surface area contributed by atoms with Crippen LogP contribution in [0, 0.1) is 0 Å².